The number of carbonyl (C=O) groups is 1. The summed E-state index contributed by atoms with van der Waals surface area (Å²) < 4.78 is 8.52. The van der Waals surface area contributed by atoms with Crippen LogP contribution in [-0.2, 0) is 11.3 Å². The number of fused-ring (bicyclic) bond motifs is 1. The zero-order chi connectivity index (χ0) is 19.7. The molecule has 1 aromatic heterocycles. The first-order valence-electron chi connectivity index (χ1n) is 8.73. The van der Waals surface area contributed by atoms with Gasteiger partial charge in [0.25, 0.3) is 5.91 Å². The number of para-hydroxylation sites is 1. The molecule has 0 bridgehead atoms. The zero-order valence-electron chi connectivity index (χ0n) is 15.1. The third-order valence-corrected chi connectivity index (χ3v) is 6.07. The Labute approximate surface area is 177 Å². The third kappa shape index (κ3) is 3.94. The van der Waals surface area contributed by atoms with Crippen molar-refractivity contribution >= 4 is 62.8 Å². The standard InChI is InChI=1S/C21H17ClN2O2S2/c1-13-10-15(6-7-17(13)22)26-9-8-24-12-14(16-4-2-3-5-18(16)24)11-19-20(25)23-21(27)28-19/h2-7,10-12H,8-9H2,1H3,(H,23,25,27)/b19-11+. The number of thioether (sulfide) groups is 1. The van der Waals surface area contributed by atoms with Gasteiger partial charge in [0.15, 0.2) is 0 Å². The van der Waals surface area contributed by atoms with Gasteiger partial charge in [-0.1, -0.05) is 53.8 Å². The monoisotopic (exact) mass is 428 g/mol. The second-order valence-corrected chi connectivity index (χ2v) is 8.53. The molecule has 1 amide bonds. The quantitative estimate of drug-likeness (QED) is 0.449. The first kappa shape index (κ1) is 19.1. The van der Waals surface area contributed by atoms with E-state index >= 15 is 0 Å². The molecule has 1 fully saturated rings. The number of hydrogen-bond acceptors (Lipinski definition) is 4. The van der Waals surface area contributed by atoms with Gasteiger partial charge in [0.1, 0.15) is 16.7 Å². The summed E-state index contributed by atoms with van der Waals surface area (Å²) >= 11 is 12.4. The molecule has 3 aromatic rings. The van der Waals surface area contributed by atoms with Crippen molar-refractivity contribution in [2.45, 2.75) is 13.5 Å². The molecule has 1 saturated heterocycles. The van der Waals surface area contributed by atoms with Gasteiger partial charge in [0.2, 0.25) is 0 Å². The molecular weight excluding hydrogens is 412 g/mol. The average molecular weight is 429 g/mol. The van der Waals surface area contributed by atoms with E-state index in [0.717, 1.165) is 32.8 Å². The molecule has 2 aromatic carbocycles. The highest BCUT2D eigenvalue weighted by Gasteiger charge is 2.22. The van der Waals surface area contributed by atoms with Gasteiger partial charge in [-0.25, -0.2) is 0 Å². The van der Waals surface area contributed by atoms with E-state index in [1.165, 1.54) is 11.8 Å². The highest BCUT2D eigenvalue weighted by Crippen LogP contribution is 2.30. The Morgan fingerprint density at radius 2 is 2.11 bits per heavy atom. The summed E-state index contributed by atoms with van der Waals surface area (Å²) in [5, 5.41) is 4.47. The van der Waals surface area contributed by atoms with Crippen LogP contribution in [-0.4, -0.2) is 21.4 Å². The van der Waals surface area contributed by atoms with E-state index < -0.39 is 0 Å². The maximum Gasteiger partial charge on any atom is 0.263 e. The second kappa shape index (κ2) is 7.99. The summed E-state index contributed by atoms with van der Waals surface area (Å²) in [5.41, 5.74) is 3.07. The lowest BCUT2D eigenvalue weighted by Crippen LogP contribution is -2.17. The van der Waals surface area contributed by atoms with E-state index in [-0.39, 0.29) is 5.91 Å². The van der Waals surface area contributed by atoms with Gasteiger partial charge in [-0.05, 0) is 42.8 Å². The number of aromatic nitrogens is 1. The maximum absolute atomic E-state index is 12.0. The third-order valence-electron chi connectivity index (χ3n) is 4.48. The van der Waals surface area contributed by atoms with Crippen LogP contribution < -0.4 is 10.1 Å². The second-order valence-electron chi connectivity index (χ2n) is 6.41. The van der Waals surface area contributed by atoms with Crippen LogP contribution in [0.4, 0.5) is 0 Å². The number of benzene rings is 2. The maximum atomic E-state index is 12.0. The Morgan fingerprint density at radius 3 is 2.86 bits per heavy atom. The smallest absolute Gasteiger partial charge is 0.263 e. The van der Waals surface area contributed by atoms with Crippen LogP contribution >= 0.6 is 35.6 Å². The highest BCUT2D eigenvalue weighted by atomic mass is 35.5. The minimum atomic E-state index is -0.145. The molecule has 4 rings (SSSR count). The number of nitrogens with zero attached hydrogens (tertiary/aromatic N) is 1. The topological polar surface area (TPSA) is 43.3 Å². The van der Waals surface area contributed by atoms with Crippen LogP contribution in [0.25, 0.3) is 17.0 Å². The van der Waals surface area contributed by atoms with E-state index in [1.807, 2.05) is 49.5 Å². The molecule has 4 nitrogen and oxygen atoms in total. The van der Waals surface area contributed by atoms with Gasteiger partial charge < -0.3 is 14.6 Å². The van der Waals surface area contributed by atoms with Crippen molar-refractivity contribution < 1.29 is 9.53 Å². The molecule has 0 spiro atoms. The predicted molar refractivity (Wildman–Crippen MR) is 120 cm³/mol. The minimum absolute atomic E-state index is 0.145. The highest BCUT2D eigenvalue weighted by molar-refractivity contribution is 8.26. The largest absolute Gasteiger partial charge is 0.492 e. The first-order chi connectivity index (χ1) is 13.5. The molecule has 7 heteroatoms. The number of ether oxygens (including phenoxy) is 1. The van der Waals surface area contributed by atoms with E-state index in [9.17, 15) is 4.79 Å². The number of hydrogen-bond donors (Lipinski definition) is 1. The molecule has 142 valence electrons. The normalized spacial score (nSPS) is 15.4. The fraction of sp³-hybridized carbons (Fsp3) is 0.143. The molecule has 1 aliphatic heterocycles. The van der Waals surface area contributed by atoms with E-state index in [0.29, 0.717) is 22.4 Å². The number of amides is 1. The van der Waals surface area contributed by atoms with Crippen molar-refractivity contribution in [3.8, 4) is 5.75 Å². The molecule has 0 aliphatic carbocycles. The summed E-state index contributed by atoms with van der Waals surface area (Å²) in [6.07, 6.45) is 3.94. The Morgan fingerprint density at radius 1 is 1.29 bits per heavy atom. The molecule has 1 aliphatic rings. The van der Waals surface area contributed by atoms with Crippen molar-refractivity contribution in [1.82, 2.24) is 9.88 Å². The van der Waals surface area contributed by atoms with Crippen LogP contribution in [0.1, 0.15) is 11.1 Å². The predicted octanol–water partition coefficient (Wildman–Crippen LogP) is 5.17. The van der Waals surface area contributed by atoms with Crippen molar-refractivity contribution in [2.75, 3.05) is 6.61 Å². The molecule has 0 saturated carbocycles. The van der Waals surface area contributed by atoms with Crippen molar-refractivity contribution in [2.24, 2.45) is 0 Å². The van der Waals surface area contributed by atoms with Gasteiger partial charge in [-0.15, -0.1) is 0 Å². The van der Waals surface area contributed by atoms with Gasteiger partial charge in [0, 0.05) is 27.7 Å². The van der Waals surface area contributed by atoms with Crippen molar-refractivity contribution in [3.63, 3.8) is 0 Å². The van der Waals surface area contributed by atoms with Crippen LogP contribution in [0.2, 0.25) is 5.02 Å². The molecule has 2 heterocycles. The Balaban J connectivity index is 1.56. The fourth-order valence-corrected chi connectivity index (χ4v) is 4.26. The molecule has 0 radical (unpaired) electrons. The minimum Gasteiger partial charge on any atom is -0.492 e. The Bertz CT molecular complexity index is 1120. The lowest BCUT2D eigenvalue weighted by molar-refractivity contribution is -0.115. The zero-order valence-corrected chi connectivity index (χ0v) is 17.5. The molecule has 0 atom stereocenters. The summed E-state index contributed by atoms with van der Waals surface area (Å²) in [4.78, 5) is 12.6. The number of halogens is 1. The van der Waals surface area contributed by atoms with Crippen molar-refractivity contribution in [3.05, 3.63) is 69.7 Å². The lowest BCUT2D eigenvalue weighted by Gasteiger charge is -2.09. The summed E-state index contributed by atoms with van der Waals surface area (Å²) in [5.74, 6) is 0.654. The number of rotatable bonds is 5. The van der Waals surface area contributed by atoms with Crippen LogP contribution in [0.5, 0.6) is 5.75 Å². The fourth-order valence-electron chi connectivity index (χ4n) is 3.11. The number of carbonyl (C=O) groups excluding carboxylic acids is 1. The molecule has 1 N–H and O–H groups in total. The van der Waals surface area contributed by atoms with Gasteiger partial charge >= 0.3 is 0 Å². The van der Waals surface area contributed by atoms with E-state index in [1.54, 1.807) is 0 Å². The number of nitrogens with one attached hydrogen (secondary N) is 1. The first-order valence-corrected chi connectivity index (χ1v) is 10.3. The van der Waals surface area contributed by atoms with Crippen LogP contribution in [0.3, 0.4) is 0 Å². The van der Waals surface area contributed by atoms with Gasteiger partial charge in [0.05, 0.1) is 11.4 Å². The number of aryl methyl sites for hydroxylation is 1. The molecular formula is C21H17ClN2O2S2. The SMILES string of the molecule is Cc1cc(OCCn2cc(/C=C3/SC(=S)NC3=O)c3ccccc32)ccc1Cl. The summed E-state index contributed by atoms with van der Waals surface area (Å²) in [6, 6.07) is 13.8. The Hall–Kier alpha value is -2.28. The van der Waals surface area contributed by atoms with Crippen LogP contribution in [0.15, 0.2) is 53.6 Å². The summed E-state index contributed by atoms with van der Waals surface area (Å²) in [6.45, 7) is 3.16. The van der Waals surface area contributed by atoms with Gasteiger partial charge in [-0.3, -0.25) is 4.79 Å². The average Bonchev–Trinajstić information content (AvgIpc) is 3.18. The van der Waals surface area contributed by atoms with Gasteiger partial charge in [-0.2, -0.15) is 0 Å². The Kier molecular flexibility index (Phi) is 5.44. The van der Waals surface area contributed by atoms with E-state index in [4.69, 9.17) is 28.6 Å². The lowest BCUT2D eigenvalue weighted by atomic mass is 10.1. The number of thiocarbonyl (C=S) groups is 1. The molecule has 0 unspecified atom stereocenters. The molecule has 28 heavy (non-hydrogen) atoms. The van der Waals surface area contributed by atoms with E-state index in [2.05, 4.69) is 22.0 Å². The van der Waals surface area contributed by atoms with Crippen LogP contribution in [0, 0.1) is 6.92 Å². The van der Waals surface area contributed by atoms with Crippen molar-refractivity contribution in [1.29, 1.82) is 0 Å². The summed E-state index contributed by atoms with van der Waals surface area (Å²) in [7, 11) is 0.